The molecule has 1 saturated carbocycles. The Morgan fingerprint density at radius 1 is 1.17 bits per heavy atom. The van der Waals surface area contributed by atoms with E-state index in [0.717, 1.165) is 24.2 Å². The number of para-hydroxylation sites is 2. The molecule has 1 aromatic heterocycles. The number of hydrogen-bond acceptors (Lipinski definition) is 6. The number of carbonyl (C=O) groups is 2. The van der Waals surface area contributed by atoms with E-state index in [9.17, 15) is 14.4 Å². The molecule has 1 unspecified atom stereocenters. The maximum absolute atomic E-state index is 12.4. The minimum atomic E-state index is -0.689. The van der Waals surface area contributed by atoms with Crippen LogP contribution in [0.3, 0.4) is 0 Å². The normalized spacial score (nSPS) is 14.3. The molecule has 1 amide bonds. The van der Waals surface area contributed by atoms with Crippen LogP contribution in [0.4, 0.5) is 0 Å². The summed E-state index contributed by atoms with van der Waals surface area (Å²) in [6, 6.07) is 14.2. The maximum Gasteiger partial charge on any atom is 0.420 e. The summed E-state index contributed by atoms with van der Waals surface area (Å²) in [6.07, 6.45) is 2.07. The molecule has 2 aromatic carbocycles. The van der Waals surface area contributed by atoms with E-state index in [4.69, 9.17) is 13.9 Å². The quantitative estimate of drug-likeness (QED) is 0.573. The molecule has 3 aromatic rings. The molecule has 0 spiro atoms. The zero-order chi connectivity index (χ0) is 21.1. The van der Waals surface area contributed by atoms with E-state index in [0.29, 0.717) is 17.0 Å². The second kappa shape index (κ2) is 8.44. The van der Waals surface area contributed by atoms with Crippen molar-refractivity contribution in [2.75, 3.05) is 13.7 Å². The summed E-state index contributed by atoms with van der Waals surface area (Å²) >= 11 is 0. The fourth-order valence-electron chi connectivity index (χ4n) is 3.41. The largest absolute Gasteiger partial charge is 0.497 e. The molecule has 1 aliphatic carbocycles. The fraction of sp³-hybridized carbons (Fsp3) is 0.318. The van der Waals surface area contributed by atoms with Crippen molar-refractivity contribution in [3.05, 3.63) is 64.6 Å². The number of carbonyl (C=O) groups excluding carboxylic acids is 2. The molecule has 1 N–H and O–H groups in total. The summed E-state index contributed by atoms with van der Waals surface area (Å²) in [5, 5.41) is 2.94. The van der Waals surface area contributed by atoms with E-state index in [1.807, 2.05) is 24.3 Å². The molecule has 1 heterocycles. The number of hydrogen-bond donors (Lipinski definition) is 1. The lowest BCUT2D eigenvalue weighted by Gasteiger charge is -2.19. The number of fused-ring (bicyclic) bond motifs is 1. The van der Waals surface area contributed by atoms with Crippen molar-refractivity contribution in [1.82, 2.24) is 9.88 Å². The van der Waals surface area contributed by atoms with E-state index in [1.165, 1.54) is 4.57 Å². The summed E-state index contributed by atoms with van der Waals surface area (Å²) in [5.74, 6) is -0.609. The molecular weight excluding hydrogens is 388 g/mol. The predicted octanol–water partition coefficient (Wildman–Crippen LogP) is 2.41. The van der Waals surface area contributed by atoms with Crippen molar-refractivity contribution in [3.63, 3.8) is 0 Å². The van der Waals surface area contributed by atoms with Crippen LogP contribution in [-0.4, -0.2) is 30.2 Å². The van der Waals surface area contributed by atoms with Gasteiger partial charge in [0.2, 0.25) is 0 Å². The molecule has 0 bridgehead atoms. The van der Waals surface area contributed by atoms with E-state index in [-0.39, 0.29) is 18.5 Å². The molecule has 4 rings (SSSR count). The molecule has 1 fully saturated rings. The number of amides is 1. The van der Waals surface area contributed by atoms with Crippen molar-refractivity contribution in [3.8, 4) is 5.75 Å². The van der Waals surface area contributed by atoms with Crippen LogP contribution >= 0.6 is 0 Å². The van der Waals surface area contributed by atoms with E-state index >= 15 is 0 Å². The van der Waals surface area contributed by atoms with Crippen LogP contribution in [0.1, 0.15) is 24.4 Å². The highest BCUT2D eigenvalue weighted by atomic mass is 16.5. The van der Waals surface area contributed by atoms with Crippen molar-refractivity contribution in [2.24, 2.45) is 5.92 Å². The van der Waals surface area contributed by atoms with Crippen molar-refractivity contribution < 1.29 is 23.5 Å². The summed E-state index contributed by atoms with van der Waals surface area (Å²) in [7, 11) is 1.60. The van der Waals surface area contributed by atoms with Gasteiger partial charge in [-0.3, -0.25) is 14.2 Å². The van der Waals surface area contributed by atoms with Crippen LogP contribution in [0.5, 0.6) is 5.75 Å². The summed E-state index contributed by atoms with van der Waals surface area (Å²) in [4.78, 5) is 36.5. The lowest BCUT2D eigenvalue weighted by molar-refractivity contribution is -0.149. The van der Waals surface area contributed by atoms with Crippen LogP contribution in [0.15, 0.2) is 57.7 Å². The SMILES string of the molecule is COc1ccc(C(NC(=O)COC(=O)Cn2c(=O)oc3ccccc32)C2CC2)cc1. The molecule has 0 aliphatic heterocycles. The fourth-order valence-corrected chi connectivity index (χ4v) is 3.41. The van der Waals surface area contributed by atoms with Crippen LogP contribution < -0.4 is 15.8 Å². The number of nitrogens with zero attached hydrogens (tertiary/aromatic N) is 1. The molecule has 8 heteroatoms. The van der Waals surface area contributed by atoms with Crippen LogP contribution in [0, 0.1) is 5.92 Å². The van der Waals surface area contributed by atoms with Crippen LogP contribution in [0.25, 0.3) is 11.1 Å². The Labute approximate surface area is 172 Å². The van der Waals surface area contributed by atoms with Gasteiger partial charge in [-0.05, 0) is 48.6 Å². The number of esters is 1. The second-order valence-corrected chi connectivity index (χ2v) is 7.24. The molecule has 156 valence electrons. The van der Waals surface area contributed by atoms with E-state index in [1.54, 1.807) is 31.4 Å². The number of methoxy groups -OCH3 is 1. The zero-order valence-corrected chi connectivity index (χ0v) is 16.5. The van der Waals surface area contributed by atoms with Gasteiger partial charge < -0.3 is 19.2 Å². The third kappa shape index (κ3) is 4.37. The second-order valence-electron chi connectivity index (χ2n) is 7.24. The lowest BCUT2D eigenvalue weighted by atomic mass is 10.0. The van der Waals surface area contributed by atoms with E-state index < -0.39 is 18.3 Å². The van der Waals surface area contributed by atoms with E-state index in [2.05, 4.69) is 5.32 Å². The Morgan fingerprint density at radius 2 is 1.90 bits per heavy atom. The number of nitrogens with one attached hydrogen (secondary N) is 1. The highest BCUT2D eigenvalue weighted by molar-refractivity contribution is 5.81. The molecule has 1 aliphatic rings. The van der Waals surface area contributed by atoms with Gasteiger partial charge in [0.25, 0.3) is 5.91 Å². The first-order valence-electron chi connectivity index (χ1n) is 9.72. The molecule has 30 heavy (non-hydrogen) atoms. The number of ether oxygens (including phenoxy) is 2. The standard InChI is InChI=1S/C22H22N2O6/c1-28-16-10-8-15(9-11-16)21(14-6-7-14)23-19(25)13-29-20(26)12-24-17-4-2-3-5-18(17)30-22(24)27/h2-5,8-11,14,21H,6-7,12-13H2,1H3,(H,23,25). The van der Waals surface area contributed by atoms with Gasteiger partial charge in [0.05, 0.1) is 18.7 Å². The predicted molar refractivity (Wildman–Crippen MR) is 108 cm³/mol. The number of oxazole rings is 1. The molecule has 8 nitrogen and oxygen atoms in total. The number of rotatable bonds is 8. The van der Waals surface area contributed by atoms with Gasteiger partial charge in [0, 0.05) is 0 Å². The van der Waals surface area contributed by atoms with Crippen molar-refractivity contribution in [2.45, 2.75) is 25.4 Å². The maximum atomic E-state index is 12.4. The first-order chi connectivity index (χ1) is 14.5. The minimum Gasteiger partial charge on any atom is -0.497 e. The highest BCUT2D eigenvalue weighted by Crippen LogP contribution is 2.41. The first-order valence-corrected chi connectivity index (χ1v) is 9.72. The van der Waals surface area contributed by atoms with Crippen LogP contribution in [0.2, 0.25) is 0 Å². The topological polar surface area (TPSA) is 99.8 Å². The third-order valence-electron chi connectivity index (χ3n) is 5.11. The average Bonchev–Trinajstić information content (AvgIpc) is 3.55. The van der Waals surface area contributed by atoms with Crippen molar-refractivity contribution in [1.29, 1.82) is 0 Å². The molecule has 0 saturated heterocycles. The first kappa shape index (κ1) is 19.8. The highest BCUT2D eigenvalue weighted by Gasteiger charge is 2.33. The lowest BCUT2D eigenvalue weighted by Crippen LogP contribution is -2.34. The summed E-state index contributed by atoms with van der Waals surface area (Å²) in [6.45, 7) is -0.740. The van der Waals surface area contributed by atoms with Gasteiger partial charge in [-0.25, -0.2) is 4.79 Å². The molecule has 1 atom stereocenters. The summed E-state index contributed by atoms with van der Waals surface area (Å²) in [5.41, 5.74) is 1.87. The average molecular weight is 410 g/mol. The zero-order valence-electron chi connectivity index (χ0n) is 16.5. The Kier molecular flexibility index (Phi) is 5.56. The number of benzene rings is 2. The molecule has 0 radical (unpaired) electrons. The Balaban J connectivity index is 1.34. The van der Waals surface area contributed by atoms with Gasteiger partial charge in [-0.2, -0.15) is 0 Å². The van der Waals surface area contributed by atoms with Crippen molar-refractivity contribution >= 4 is 23.0 Å². The van der Waals surface area contributed by atoms with Crippen LogP contribution in [-0.2, 0) is 20.9 Å². The van der Waals surface area contributed by atoms with Gasteiger partial charge in [-0.1, -0.05) is 24.3 Å². The Morgan fingerprint density at radius 3 is 2.60 bits per heavy atom. The molecular formula is C22H22N2O6. The van der Waals surface area contributed by atoms with Gasteiger partial charge in [0.1, 0.15) is 12.3 Å². The summed E-state index contributed by atoms with van der Waals surface area (Å²) < 4.78 is 16.5. The minimum absolute atomic E-state index is 0.137. The third-order valence-corrected chi connectivity index (χ3v) is 5.11. The van der Waals surface area contributed by atoms with Gasteiger partial charge >= 0.3 is 11.7 Å². The smallest absolute Gasteiger partial charge is 0.420 e. The Hall–Kier alpha value is -3.55. The monoisotopic (exact) mass is 410 g/mol. The Bertz CT molecular complexity index is 1110. The number of aromatic nitrogens is 1. The van der Waals surface area contributed by atoms with Gasteiger partial charge in [0.15, 0.2) is 12.2 Å². The van der Waals surface area contributed by atoms with Gasteiger partial charge in [-0.15, -0.1) is 0 Å².